The van der Waals surface area contributed by atoms with Crippen molar-refractivity contribution in [2.75, 3.05) is 13.6 Å². The van der Waals surface area contributed by atoms with Crippen LogP contribution in [0.4, 0.5) is 0 Å². The van der Waals surface area contributed by atoms with Gasteiger partial charge in [0.25, 0.3) is 0 Å². The second kappa shape index (κ2) is 7.07. The number of nitrogens with one attached hydrogen (secondary N) is 1. The molecule has 0 aliphatic rings. The Morgan fingerprint density at radius 2 is 2.21 bits per heavy atom. The zero-order valence-corrected chi connectivity index (χ0v) is 11.6. The van der Waals surface area contributed by atoms with Crippen molar-refractivity contribution in [3.63, 3.8) is 0 Å². The molecule has 19 heavy (non-hydrogen) atoms. The molecule has 1 N–H and O–H groups in total. The lowest BCUT2D eigenvalue weighted by atomic mass is 10.3. The van der Waals surface area contributed by atoms with Gasteiger partial charge < -0.3 is 9.73 Å². The molecule has 0 bridgehead atoms. The first-order chi connectivity index (χ1) is 9.31. The second-order valence-corrected chi connectivity index (χ2v) is 4.58. The van der Waals surface area contributed by atoms with Crippen molar-refractivity contribution >= 4 is 0 Å². The molecule has 0 radical (unpaired) electrons. The number of hydrogen-bond donors (Lipinski definition) is 1. The van der Waals surface area contributed by atoms with Gasteiger partial charge in [-0.1, -0.05) is 13.0 Å². The van der Waals surface area contributed by atoms with Crippen LogP contribution in [0.25, 0.3) is 0 Å². The van der Waals surface area contributed by atoms with Crippen molar-refractivity contribution in [2.45, 2.75) is 26.6 Å². The Kier molecular flexibility index (Phi) is 5.12. The molecule has 2 aromatic heterocycles. The standard InChI is InChI=1S/C15H21N3O/c1-3-18(10-14-6-4-5-7-17-14)11-15-8-13(9-16-2)12-19-15/h4-8,12,16H,3,9-11H2,1-2H3. The fourth-order valence-electron chi connectivity index (χ4n) is 2.03. The van der Waals surface area contributed by atoms with Crippen LogP contribution in [0, 0.1) is 0 Å². The number of hydrogen-bond acceptors (Lipinski definition) is 4. The van der Waals surface area contributed by atoms with Gasteiger partial charge in [0, 0.05) is 24.8 Å². The molecule has 0 fully saturated rings. The number of pyridine rings is 1. The molecular formula is C15H21N3O. The first-order valence-electron chi connectivity index (χ1n) is 6.65. The molecule has 2 rings (SSSR count). The number of rotatable bonds is 7. The van der Waals surface area contributed by atoms with Gasteiger partial charge in [-0.25, -0.2) is 0 Å². The molecule has 4 heteroatoms. The lowest BCUT2D eigenvalue weighted by Crippen LogP contribution is -2.22. The predicted octanol–water partition coefficient (Wildman–Crippen LogP) is 2.42. The zero-order valence-electron chi connectivity index (χ0n) is 11.6. The molecule has 2 aromatic rings. The van der Waals surface area contributed by atoms with E-state index in [4.69, 9.17) is 4.42 Å². The molecular weight excluding hydrogens is 238 g/mol. The fourth-order valence-corrected chi connectivity index (χ4v) is 2.03. The quantitative estimate of drug-likeness (QED) is 0.829. The van der Waals surface area contributed by atoms with E-state index in [9.17, 15) is 0 Å². The summed E-state index contributed by atoms with van der Waals surface area (Å²) in [4.78, 5) is 6.67. The Balaban J connectivity index is 1.94. The van der Waals surface area contributed by atoms with Crippen molar-refractivity contribution in [2.24, 2.45) is 0 Å². The monoisotopic (exact) mass is 259 g/mol. The number of furan rings is 1. The van der Waals surface area contributed by atoms with Gasteiger partial charge in [-0.05, 0) is 31.8 Å². The third-order valence-corrected chi connectivity index (χ3v) is 3.03. The van der Waals surface area contributed by atoms with E-state index in [0.717, 1.165) is 37.6 Å². The number of aromatic nitrogens is 1. The van der Waals surface area contributed by atoms with E-state index >= 15 is 0 Å². The minimum atomic E-state index is 0.816. The Morgan fingerprint density at radius 1 is 1.32 bits per heavy atom. The lowest BCUT2D eigenvalue weighted by Gasteiger charge is -2.18. The maximum absolute atomic E-state index is 5.59. The van der Waals surface area contributed by atoms with Gasteiger partial charge in [0.1, 0.15) is 5.76 Å². The minimum Gasteiger partial charge on any atom is -0.468 e. The van der Waals surface area contributed by atoms with Crippen LogP contribution >= 0.6 is 0 Å². The second-order valence-electron chi connectivity index (χ2n) is 4.58. The van der Waals surface area contributed by atoms with Crippen molar-refractivity contribution < 1.29 is 4.42 Å². The highest BCUT2D eigenvalue weighted by atomic mass is 16.3. The van der Waals surface area contributed by atoms with Crippen LogP contribution in [0.15, 0.2) is 41.1 Å². The van der Waals surface area contributed by atoms with Gasteiger partial charge in [-0.15, -0.1) is 0 Å². The van der Waals surface area contributed by atoms with Crippen LogP contribution in [0.5, 0.6) is 0 Å². The first-order valence-corrected chi connectivity index (χ1v) is 6.65. The van der Waals surface area contributed by atoms with Gasteiger partial charge in [-0.2, -0.15) is 0 Å². The third-order valence-electron chi connectivity index (χ3n) is 3.03. The van der Waals surface area contributed by atoms with Gasteiger partial charge in [0.15, 0.2) is 0 Å². The maximum Gasteiger partial charge on any atom is 0.118 e. The minimum absolute atomic E-state index is 0.816. The van der Waals surface area contributed by atoms with E-state index in [1.165, 1.54) is 5.56 Å². The molecule has 2 heterocycles. The molecule has 0 amide bonds. The summed E-state index contributed by atoms with van der Waals surface area (Å²) in [6.45, 7) is 5.63. The number of nitrogens with zero attached hydrogens (tertiary/aromatic N) is 2. The van der Waals surface area contributed by atoms with Crippen LogP contribution in [0.1, 0.15) is 23.9 Å². The summed E-state index contributed by atoms with van der Waals surface area (Å²) in [6, 6.07) is 8.12. The Morgan fingerprint density at radius 3 is 2.89 bits per heavy atom. The van der Waals surface area contributed by atoms with Gasteiger partial charge in [0.2, 0.25) is 0 Å². The molecule has 0 atom stereocenters. The van der Waals surface area contributed by atoms with Gasteiger partial charge in [0.05, 0.1) is 18.5 Å². The molecule has 0 saturated heterocycles. The fraction of sp³-hybridized carbons (Fsp3) is 0.400. The largest absolute Gasteiger partial charge is 0.468 e. The van der Waals surface area contributed by atoms with E-state index < -0.39 is 0 Å². The van der Waals surface area contributed by atoms with Crippen molar-refractivity contribution in [1.29, 1.82) is 0 Å². The van der Waals surface area contributed by atoms with E-state index in [1.54, 1.807) is 0 Å². The van der Waals surface area contributed by atoms with Crippen molar-refractivity contribution in [1.82, 2.24) is 15.2 Å². The molecule has 0 aliphatic heterocycles. The molecule has 4 nitrogen and oxygen atoms in total. The van der Waals surface area contributed by atoms with Crippen molar-refractivity contribution in [3.05, 3.63) is 53.7 Å². The predicted molar refractivity (Wildman–Crippen MR) is 75.5 cm³/mol. The summed E-state index contributed by atoms with van der Waals surface area (Å²) in [5.41, 5.74) is 2.28. The summed E-state index contributed by atoms with van der Waals surface area (Å²) >= 11 is 0. The molecule has 0 aliphatic carbocycles. The first kappa shape index (κ1) is 13.8. The average molecular weight is 259 g/mol. The summed E-state index contributed by atoms with van der Waals surface area (Å²) in [6.07, 6.45) is 3.65. The summed E-state index contributed by atoms with van der Waals surface area (Å²) in [5.74, 6) is 1.00. The highest BCUT2D eigenvalue weighted by Gasteiger charge is 2.08. The normalized spacial score (nSPS) is 11.1. The average Bonchev–Trinajstić information content (AvgIpc) is 2.87. The van der Waals surface area contributed by atoms with Crippen molar-refractivity contribution in [3.8, 4) is 0 Å². The van der Waals surface area contributed by atoms with Gasteiger partial charge >= 0.3 is 0 Å². The molecule has 102 valence electrons. The van der Waals surface area contributed by atoms with Crippen LogP contribution in [0.3, 0.4) is 0 Å². The summed E-state index contributed by atoms with van der Waals surface area (Å²) in [7, 11) is 1.94. The van der Waals surface area contributed by atoms with Crippen LogP contribution in [-0.4, -0.2) is 23.5 Å². The Hall–Kier alpha value is -1.65. The van der Waals surface area contributed by atoms with E-state index in [0.29, 0.717) is 0 Å². The third kappa shape index (κ3) is 4.19. The zero-order chi connectivity index (χ0) is 13.5. The van der Waals surface area contributed by atoms with E-state index in [2.05, 4.69) is 34.3 Å². The van der Waals surface area contributed by atoms with Gasteiger partial charge in [-0.3, -0.25) is 9.88 Å². The topological polar surface area (TPSA) is 41.3 Å². The smallest absolute Gasteiger partial charge is 0.118 e. The highest BCUT2D eigenvalue weighted by Crippen LogP contribution is 2.12. The van der Waals surface area contributed by atoms with E-state index in [1.807, 2.05) is 31.6 Å². The highest BCUT2D eigenvalue weighted by molar-refractivity contribution is 5.12. The van der Waals surface area contributed by atoms with Crippen LogP contribution in [-0.2, 0) is 19.6 Å². The Bertz CT molecular complexity index is 481. The lowest BCUT2D eigenvalue weighted by molar-refractivity contribution is 0.245. The van der Waals surface area contributed by atoms with E-state index in [-0.39, 0.29) is 0 Å². The molecule has 0 spiro atoms. The molecule has 0 saturated carbocycles. The van der Waals surface area contributed by atoms with Crippen LogP contribution in [0.2, 0.25) is 0 Å². The SMILES string of the molecule is CCN(Cc1ccccn1)Cc1cc(CNC)co1. The molecule has 0 unspecified atom stereocenters. The summed E-state index contributed by atoms with van der Waals surface area (Å²) < 4.78 is 5.59. The van der Waals surface area contributed by atoms with Crippen LogP contribution < -0.4 is 5.32 Å². The maximum atomic E-state index is 5.59. The summed E-state index contributed by atoms with van der Waals surface area (Å²) in [5, 5.41) is 3.12. The Labute approximate surface area is 114 Å². The molecule has 0 aromatic carbocycles.